The molecule has 9 heteroatoms. The molecule has 1 N–H and O–H groups in total. The third-order valence-electron chi connectivity index (χ3n) is 6.12. The number of aryl methyl sites for hydroxylation is 1. The minimum absolute atomic E-state index is 0.0242. The van der Waals surface area contributed by atoms with E-state index in [0.29, 0.717) is 23.9 Å². The molecule has 0 saturated carbocycles. The quantitative estimate of drug-likeness (QED) is 0.360. The van der Waals surface area contributed by atoms with E-state index in [2.05, 4.69) is 22.4 Å². The molecule has 0 unspecified atom stereocenters. The molecule has 1 aromatic heterocycles. The van der Waals surface area contributed by atoms with Crippen LogP contribution < -0.4 is 5.32 Å². The van der Waals surface area contributed by atoms with Crippen LogP contribution in [0.15, 0.2) is 60.7 Å². The summed E-state index contributed by atoms with van der Waals surface area (Å²) in [6.07, 6.45) is -2.02. The smallest absolute Gasteiger partial charge is 0.351 e. The zero-order chi connectivity index (χ0) is 25.7. The SMILES string of the molecule is O=C(NCCCCc1ccccc1)c1ccc2c(n1)CCN(C(=O)c1cccc(F)c1C(F)(F)F)C2. The number of benzene rings is 2. The van der Waals surface area contributed by atoms with Crippen LogP contribution in [0, 0.1) is 5.82 Å². The predicted molar refractivity (Wildman–Crippen MR) is 126 cm³/mol. The second-order valence-electron chi connectivity index (χ2n) is 8.64. The molecule has 0 bridgehead atoms. The summed E-state index contributed by atoms with van der Waals surface area (Å²) in [7, 11) is 0. The van der Waals surface area contributed by atoms with E-state index in [1.807, 2.05) is 18.2 Å². The van der Waals surface area contributed by atoms with E-state index in [-0.39, 0.29) is 31.1 Å². The molecule has 1 aliphatic heterocycles. The van der Waals surface area contributed by atoms with Crippen LogP contribution in [0.3, 0.4) is 0 Å². The van der Waals surface area contributed by atoms with E-state index in [1.54, 1.807) is 6.07 Å². The Morgan fingerprint density at radius 3 is 2.50 bits per heavy atom. The largest absolute Gasteiger partial charge is 0.420 e. The van der Waals surface area contributed by atoms with Crippen molar-refractivity contribution in [2.45, 2.75) is 38.4 Å². The standard InChI is InChI=1S/C27H25F4N3O2/c28-21-11-6-10-20(24(21)27(29,30)31)26(36)34-16-14-22-19(17-34)12-13-23(33-22)25(35)32-15-5-4-9-18-7-2-1-3-8-18/h1-3,6-8,10-13H,4-5,9,14-17H2,(H,32,35). The topological polar surface area (TPSA) is 62.3 Å². The van der Waals surface area contributed by atoms with Crippen LogP contribution in [-0.4, -0.2) is 34.8 Å². The lowest BCUT2D eigenvalue weighted by Gasteiger charge is -2.29. The van der Waals surface area contributed by atoms with Crippen molar-refractivity contribution in [1.29, 1.82) is 0 Å². The van der Waals surface area contributed by atoms with Gasteiger partial charge in [-0.15, -0.1) is 0 Å². The van der Waals surface area contributed by atoms with Crippen molar-refractivity contribution in [2.75, 3.05) is 13.1 Å². The third-order valence-corrected chi connectivity index (χ3v) is 6.12. The van der Waals surface area contributed by atoms with Crippen molar-refractivity contribution >= 4 is 11.8 Å². The first-order valence-electron chi connectivity index (χ1n) is 11.7. The second-order valence-corrected chi connectivity index (χ2v) is 8.64. The van der Waals surface area contributed by atoms with Gasteiger partial charge in [-0.25, -0.2) is 9.37 Å². The molecule has 36 heavy (non-hydrogen) atoms. The van der Waals surface area contributed by atoms with Gasteiger partial charge in [0.25, 0.3) is 11.8 Å². The number of pyridine rings is 1. The number of fused-ring (bicyclic) bond motifs is 1. The van der Waals surface area contributed by atoms with Gasteiger partial charge >= 0.3 is 6.18 Å². The minimum atomic E-state index is -4.99. The number of amides is 2. The van der Waals surface area contributed by atoms with Gasteiger partial charge in [0.05, 0.1) is 5.56 Å². The number of rotatable bonds is 7. The number of nitrogens with one attached hydrogen (secondary N) is 1. The number of hydrogen-bond acceptors (Lipinski definition) is 3. The Morgan fingerprint density at radius 1 is 0.972 bits per heavy atom. The van der Waals surface area contributed by atoms with Gasteiger partial charge in [-0.3, -0.25) is 9.59 Å². The van der Waals surface area contributed by atoms with Crippen LogP contribution in [0.4, 0.5) is 17.6 Å². The fourth-order valence-corrected chi connectivity index (χ4v) is 4.27. The lowest BCUT2D eigenvalue weighted by atomic mass is 10.0. The van der Waals surface area contributed by atoms with Crippen LogP contribution in [0.2, 0.25) is 0 Å². The molecule has 0 saturated heterocycles. The molecule has 2 aromatic carbocycles. The van der Waals surface area contributed by atoms with E-state index in [0.717, 1.165) is 31.4 Å². The molecular weight excluding hydrogens is 474 g/mol. The number of aromatic nitrogens is 1. The van der Waals surface area contributed by atoms with Crippen LogP contribution in [0.5, 0.6) is 0 Å². The number of hydrogen-bond donors (Lipinski definition) is 1. The molecule has 1 aliphatic rings. The maximum absolute atomic E-state index is 13.9. The highest BCUT2D eigenvalue weighted by molar-refractivity contribution is 5.96. The highest BCUT2D eigenvalue weighted by atomic mass is 19.4. The first-order chi connectivity index (χ1) is 17.2. The van der Waals surface area contributed by atoms with E-state index in [4.69, 9.17) is 0 Å². The van der Waals surface area contributed by atoms with Gasteiger partial charge in [0, 0.05) is 31.7 Å². The van der Waals surface area contributed by atoms with E-state index in [9.17, 15) is 27.2 Å². The summed E-state index contributed by atoms with van der Waals surface area (Å²) < 4.78 is 53.9. The molecule has 4 rings (SSSR count). The summed E-state index contributed by atoms with van der Waals surface area (Å²) in [5.74, 6) is -2.68. The summed E-state index contributed by atoms with van der Waals surface area (Å²) in [6, 6.07) is 16.0. The average molecular weight is 500 g/mol. The predicted octanol–water partition coefficient (Wildman–Crippen LogP) is 5.19. The fourth-order valence-electron chi connectivity index (χ4n) is 4.27. The highest BCUT2D eigenvalue weighted by Gasteiger charge is 2.39. The molecule has 0 atom stereocenters. The van der Waals surface area contributed by atoms with E-state index < -0.39 is 29.0 Å². The summed E-state index contributed by atoms with van der Waals surface area (Å²) in [6.45, 7) is 0.648. The highest BCUT2D eigenvalue weighted by Crippen LogP contribution is 2.35. The van der Waals surface area contributed by atoms with Gasteiger partial charge in [-0.2, -0.15) is 13.2 Å². The van der Waals surface area contributed by atoms with E-state index >= 15 is 0 Å². The first kappa shape index (κ1) is 25.3. The molecule has 3 aromatic rings. The molecule has 0 aliphatic carbocycles. The molecular formula is C27H25F4N3O2. The number of halogens is 4. The number of unbranched alkanes of at least 4 members (excludes halogenated alkanes) is 1. The Balaban J connectivity index is 1.35. The molecule has 0 spiro atoms. The zero-order valence-corrected chi connectivity index (χ0v) is 19.4. The van der Waals surface area contributed by atoms with Crippen molar-refractivity contribution in [3.05, 3.63) is 100 Å². The van der Waals surface area contributed by atoms with Crippen molar-refractivity contribution in [3.63, 3.8) is 0 Å². The van der Waals surface area contributed by atoms with Crippen LogP contribution >= 0.6 is 0 Å². The van der Waals surface area contributed by atoms with Gasteiger partial charge in [0.1, 0.15) is 17.1 Å². The van der Waals surface area contributed by atoms with Crippen molar-refractivity contribution in [3.8, 4) is 0 Å². The maximum Gasteiger partial charge on any atom is 0.420 e. The Labute approximate surface area is 206 Å². The number of nitrogens with zero attached hydrogens (tertiary/aromatic N) is 2. The monoisotopic (exact) mass is 499 g/mol. The third kappa shape index (κ3) is 5.90. The zero-order valence-electron chi connectivity index (χ0n) is 19.4. The first-order valence-corrected chi connectivity index (χ1v) is 11.7. The van der Waals surface area contributed by atoms with Crippen LogP contribution in [-0.2, 0) is 25.6 Å². The molecule has 2 heterocycles. The summed E-state index contributed by atoms with van der Waals surface area (Å²) in [5.41, 5.74) is 0.475. The maximum atomic E-state index is 13.9. The molecule has 0 radical (unpaired) electrons. The van der Waals surface area contributed by atoms with Gasteiger partial charge in [0.15, 0.2) is 0 Å². The van der Waals surface area contributed by atoms with Crippen molar-refractivity contribution in [1.82, 2.24) is 15.2 Å². The van der Waals surface area contributed by atoms with Gasteiger partial charge in [0.2, 0.25) is 0 Å². The molecule has 5 nitrogen and oxygen atoms in total. The lowest BCUT2D eigenvalue weighted by Crippen LogP contribution is -2.38. The van der Waals surface area contributed by atoms with Gasteiger partial charge in [-0.1, -0.05) is 42.5 Å². The number of alkyl halides is 3. The Bertz CT molecular complexity index is 1250. The molecule has 188 valence electrons. The summed E-state index contributed by atoms with van der Waals surface area (Å²) in [5, 5.41) is 2.86. The van der Waals surface area contributed by atoms with Gasteiger partial charge in [-0.05, 0) is 48.6 Å². The Morgan fingerprint density at radius 2 is 1.75 bits per heavy atom. The van der Waals surface area contributed by atoms with Crippen molar-refractivity contribution in [2.24, 2.45) is 0 Å². The fraction of sp³-hybridized carbons (Fsp3) is 0.296. The molecule has 2 amide bonds. The Kier molecular flexibility index (Phi) is 7.67. The Hall–Kier alpha value is -3.75. The second kappa shape index (κ2) is 10.9. The van der Waals surface area contributed by atoms with Crippen LogP contribution in [0.1, 0.15) is 56.1 Å². The number of carbonyl (C=O) groups excluding carboxylic acids is 2. The lowest BCUT2D eigenvalue weighted by molar-refractivity contribution is -0.140. The average Bonchev–Trinajstić information content (AvgIpc) is 2.87. The number of carbonyl (C=O) groups is 2. The minimum Gasteiger partial charge on any atom is -0.351 e. The van der Waals surface area contributed by atoms with Crippen molar-refractivity contribution < 1.29 is 27.2 Å². The van der Waals surface area contributed by atoms with Crippen LogP contribution in [0.25, 0.3) is 0 Å². The summed E-state index contributed by atoms with van der Waals surface area (Å²) in [4.78, 5) is 31.0. The van der Waals surface area contributed by atoms with Gasteiger partial charge < -0.3 is 10.2 Å². The normalized spacial score (nSPS) is 13.3. The van der Waals surface area contributed by atoms with E-state index in [1.165, 1.54) is 16.5 Å². The molecule has 0 fully saturated rings. The summed E-state index contributed by atoms with van der Waals surface area (Å²) >= 11 is 0.